The first-order chi connectivity index (χ1) is 9.99. The predicted octanol–water partition coefficient (Wildman–Crippen LogP) is 2.03. The molecule has 0 aliphatic rings. The van der Waals surface area contributed by atoms with Crippen LogP contribution in [-0.4, -0.2) is 24.7 Å². The molecule has 1 aromatic carbocycles. The van der Waals surface area contributed by atoms with Crippen molar-refractivity contribution >= 4 is 10.0 Å². The number of rotatable bonds is 7. The first kappa shape index (κ1) is 15.7. The summed E-state index contributed by atoms with van der Waals surface area (Å²) in [4.78, 5) is 0.257. The van der Waals surface area contributed by atoms with Gasteiger partial charge in [-0.1, -0.05) is 30.3 Å². The Balaban J connectivity index is 1.79. The van der Waals surface area contributed by atoms with Gasteiger partial charge in [0, 0.05) is 19.8 Å². The van der Waals surface area contributed by atoms with Gasteiger partial charge in [0.25, 0.3) is 0 Å². The molecular weight excluding hydrogens is 286 g/mol. The van der Waals surface area contributed by atoms with Crippen molar-refractivity contribution in [1.82, 2.24) is 14.5 Å². The maximum absolute atomic E-state index is 12.1. The number of nitrogens with zero attached hydrogens (tertiary/aromatic N) is 2. The molecule has 21 heavy (non-hydrogen) atoms. The molecule has 114 valence electrons. The van der Waals surface area contributed by atoms with Crippen LogP contribution in [0.1, 0.15) is 24.1 Å². The van der Waals surface area contributed by atoms with Gasteiger partial charge in [0.2, 0.25) is 10.0 Å². The van der Waals surface area contributed by atoms with Crippen molar-refractivity contribution in [3.05, 3.63) is 47.8 Å². The highest BCUT2D eigenvalue weighted by Gasteiger charge is 2.18. The molecule has 0 atom stereocenters. The van der Waals surface area contributed by atoms with Crippen LogP contribution in [0.2, 0.25) is 0 Å². The topological polar surface area (TPSA) is 64.0 Å². The summed E-state index contributed by atoms with van der Waals surface area (Å²) in [6, 6.07) is 10.2. The van der Waals surface area contributed by atoms with E-state index in [4.69, 9.17) is 0 Å². The van der Waals surface area contributed by atoms with E-state index < -0.39 is 10.0 Å². The Bertz CT molecular complexity index is 678. The fraction of sp³-hybridized carbons (Fsp3) is 0.400. The van der Waals surface area contributed by atoms with Crippen molar-refractivity contribution < 1.29 is 8.42 Å². The summed E-state index contributed by atoms with van der Waals surface area (Å²) < 4.78 is 28.4. The predicted molar refractivity (Wildman–Crippen MR) is 82.5 cm³/mol. The first-order valence-electron chi connectivity index (χ1n) is 7.03. The average Bonchev–Trinajstić information content (AvgIpc) is 2.79. The molecule has 0 aliphatic carbocycles. The zero-order valence-electron chi connectivity index (χ0n) is 12.4. The quantitative estimate of drug-likeness (QED) is 0.796. The van der Waals surface area contributed by atoms with Crippen molar-refractivity contribution in [3.8, 4) is 0 Å². The molecule has 0 bridgehead atoms. The van der Waals surface area contributed by atoms with Gasteiger partial charge in [0.1, 0.15) is 4.90 Å². The SMILES string of the molecule is Cc1nn(C)cc1S(=O)(=O)NCCCCc1ccccc1. The van der Waals surface area contributed by atoms with Gasteiger partial charge < -0.3 is 0 Å². The number of hydrogen-bond donors (Lipinski definition) is 1. The third-order valence-electron chi connectivity index (χ3n) is 3.29. The van der Waals surface area contributed by atoms with Gasteiger partial charge in [-0.25, -0.2) is 13.1 Å². The fourth-order valence-electron chi connectivity index (χ4n) is 2.22. The normalized spacial score (nSPS) is 11.7. The summed E-state index contributed by atoms with van der Waals surface area (Å²) in [5, 5.41) is 4.06. The van der Waals surface area contributed by atoms with Gasteiger partial charge >= 0.3 is 0 Å². The van der Waals surface area contributed by atoms with Crippen molar-refractivity contribution in [2.24, 2.45) is 7.05 Å². The lowest BCUT2D eigenvalue weighted by Gasteiger charge is -2.05. The van der Waals surface area contributed by atoms with Gasteiger partial charge in [-0.2, -0.15) is 5.10 Å². The zero-order valence-corrected chi connectivity index (χ0v) is 13.2. The highest BCUT2D eigenvalue weighted by Crippen LogP contribution is 2.12. The van der Waals surface area contributed by atoms with E-state index >= 15 is 0 Å². The van der Waals surface area contributed by atoms with Gasteiger partial charge in [0.15, 0.2) is 0 Å². The summed E-state index contributed by atoms with van der Waals surface area (Å²) in [5.41, 5.74) is 1.80. The van der Waals surface area contributed by atoms with Gasteiger partial charge in [-0.3, -0.25) is 4.68 Å². The van der Waals surface area contributed by atoms with Gasteiger partial charge in [-0.05, 0) is 31.7 Å². The van der Waals surface area contributed by atoms with E-state index in [1.165, 1.54) is 16.4 Å². The van der Waals surface area contributed by atoms with Crippen LogP contribution < -0.4 is 4.72 Å². The molecule has 0 aliphatic heterocycles. The highest BCUT2D eigenvalue weighted by atomic mass is 32.2. The molecule has 2 aromatic rings. The molecule has 2 rings (SSSR count). The van der Waals surface area contributed by atoms with Crippen LogP contribution in [0.25, 0.3) is 0 Å². The van der Waals surface area contributed by atoms with Crippen LogP contribution >= 0.6 is 0 Å². The number of sulfonamides is 1. The van der Waals surface area contributed by atoms with Crippen molar-refractivity contribution in [1.29, 1.82) is 0 Å². The Hall–Kier alpha value is -1.66. The van der Waals surface area contributed by atoms with Gasteiger partial charge in [-0.15, -0.1) is 0 Å². The molecule has 6 heteroatoms. The first-order valence-corrected chi connectivity index (χ1v) is 8.51. The molecule has 5 nitrogen and oxygen atoms in total. The van der Waals surface area contributed by atoms with Crippen LogP contribution in [0.15, 0.2) is 41.4 Å². The lowest BCUT2D eigenvalue weighted by Crippen LogP contribution is -2.25. The van der Waals surface area contributed by atoms with Crippen LogP contribution in [-0.2, 0) is 23.5 Å². The van der Waals surface area contributed by atoms with Gasteiger partial charge in [0.05, 0.1) is 5.69 Å². The Kier molecular flexibility index (Phi) is 5.14. The van der Waals surface area contributed by atoms with Crippen LogP contribution in [0.5, 0.6) is 0 Å². The van der Waals surface area contributed by atoms with E-state index in [1.807, 2.05) is 18.2 Å². The summed E-state index contributed by atoms with van der Waals surface area (Å²) in [6.07, 6.45) is 4.27. The Morgan fingerprint density at radius 1 is 1.19 bits per heavy atom. The lowest BCUT2D eigenvalue weighted by molar-refractivity contribution is 0.576. The number of aromatic nitrogens is 2. The third-order valence-corrected chi connectivity index (χ3v) is 4.85. The molecule has 0 saturated carbocycles. The minimum atomic E-state index is -3.45. The lowest BCUT2D eigenvalue weighted by atomic mass is 10.1. The summed E-state index contributed by atoms with van der Waals surface area (Å²) in [5.74, 6) is 0. The van der Waals surface area contributed by atoms with Crippen LogP contribution in [0.4, 0.5) is 0 Å². The standard InChI is InChI=1S/C15H21N3O2S/c1-13-15(12-18(2)17-13)21(19,20)16-11-7-6-10-14-8-4-3-5-9-14/h3-5,8-9,12,16H,6-7,10-11H2,1-2H3. The summed E-state index contributed by atoms with van der Waals surface area (Å²) in [6.45, 7) is 2.15. The minimum Gasteiger partial charge on any atom is -0.274 e. The number of unbranched alkanes of at least 4 members (excludes halogenated alkanes) is 1. The fourth-order valence-corrected chi connectivity index (χ4v) is 3.51. The number of benzene rings is 1. The average molecular weight is 307 g/mol. The third kappa shape index (κ3) is 4.41. The highest BCUT2D eigenvalue weighted by molar-refractivity contribution is 7.89. The van der Waals surface area contributed by atoms with E-state index in [9.17, 15) is 8.42 Å². The number of aryl methyl sites for hydroxylation is 3. The summed E-state index contributed by atoms with van der Waals surface area (Å²) in [7, 11) is -1.73. The van der Waals surface area contributed by atoms with Crippen LogP contribution in [0.3, 0.4) is 0 Å². The second kappa shape index (κ2) is 6.87. The molecule has 0 unspecified atom stereocenters. The molecular formula is C15H21N3O2S. The molecule has 0 spiro atoms. The summed E-state index contributed by atoms with van der Waals surface area (Å²) >= 11 is 0. The maximum atomic E-state index is 12.1. The Labute approximate surface area is 126 Å². The number of nitrogens with one attached hydrogen (secondary N) is 1. The molecule has 0 saturated heterocycles. The molecule has 0 fully saturated rings. The monoisotopic (exact) mass is 307 g/mol. The maximum Gasteiger partial charge on any atom is 0.243 e. The molecule has 1 heterocycles. The van der Waals surface area contributed by atoms with E-state index in [2.05, 4.69) is 22.0 Å². The van der Waals surface area contributed by atoms with E-state index in [1.54, 1.807) is 14.0 Å². The molecule has 0 radical (unpaired) electrons. The zero-order chi connectivity index (χ0) is 15.3. The largest absolute Gasteiger partial charge is 0.274 e. The minimum absolute atomic E-state index is 0.257. The molecule has 1 aromatic heterocycles. The second-order valence-corrected chi connectivity index (χ2v) is 6.83. The Morgan fingerprint density at radius 3 is 2.52 bits per heavy atom. The van der Waals surface area contributed by atoms with E-state index in [0.29, 0.717) is 12.2 Å². The van der Waals surface area contributed by atoms with E-state index in [0.717, 1.165) is 19.3 Å². The Morgan fingerprint density at radius 2 is 1.90 bits per heavy atom. The van der Waals surface area contributed by atoms with Crippen molar-refractivity contribution in [2.45, 2.75) is 31.1 Å². The van der Waals surface area contributed by atoms with Crippen LogP contribution in [0, 0.1) is 6.92 Å². The van der Waals surface area contributed by atoms with Crippen molar-refractivity contribution in [2.75, 3.05) is 6.54 Å². The smallest absolute Gasteiger partial charge is 0.243 e. The molecule has 0 amide bonds. The van der Waals surface area contributed by atoms with Crippen molar-refractivity contribution in [3.63, 3.8) is 0 Å². The van der Waals surface area contributed by atoms with E-state index in [-0.39, 0.29) is 4.90 Å². The molecule has 1 N–H and O–H groups in total. The second-order valence-electron chi connectivity index (χ2n) is 5.09. The number of hydrogen-bond acceptors (Lipinski definition) is 3.